The molecule has 0 radical (unpaired) electrons. The molecule has 1 saturated heterocycles. The third-order valence-corrected chi connectivity index (χ3v) is 6.04. The van der Waals surface area contributed by atoms with Crippen molar-refractivity contribution in [1.29, 1.82) is 0 Å². The number of aliphatic carboxylic acids is 1. The normalized spacial score (nSPS) is 21.8. The number of carboxylic acids is 1. The van der Waals surface area contributed by atoms with E-state index in [1.807, 2.05) is 6.92 Å². The van der Waals surface area contributed by atoms with Crippen LogP contribution < -0.4 is 4.74 Å². The van der Waals surface area contributed by atoms with Crippen LogP contribution in [0.2, 0.25) is 5.02 Å². The van der Waals surface area contributed by atoms with Crippen LogP contribution in [0.4, 0.5) is 0 Å². The van der Waals surface area contributed by atoms with Gasteiger partial charge in [-0.1, -0.05) is 18.5 Å². The fourth-order valence-corrected chi connectivity index (χ4v) is 4.62. The standard InChI is InChI=1S/C15H20ClNO6S/c1-15(10-22-2)5-6-17(9-15)24(20,21)11-3-4-13(12(16)7-11)23-8-14(18)19/h3-4,7H,5-6,8-10H2,1-2H3,(H,18,19). The summed E-state index contributed by atoms with van der Waals surface area (Å²) in [4.78, 5) is 10.6. The van der Waals surface area contributed by atoms with E-state index in [0.717, 1.165) is 0 Å². The van der Waals surface area contributed by atoms with Gasteiger partial charge in [0.2, 0.25) is 10.0 Å². The molecule has 0 amide bonds. The van der Waals surface area contributed by atoms with Crippen molar-refractivity contribution >= 4 is 27.6 Å². The molecule has 1 aromatic rings. The molecule has 1 heterocycles. The molecule has 134 valence electrons. The molecule has 0 saturated carbocycles. The lowest BCUT2D eigenvalue weighted by Gasteiger charge is -2.23. The topological polar surface area (TPSA) is 93.1 Å². The second-order valence-corrected chi connectivity index (χ2v) is 8.45. The highest BCUT2D eigenvalue weighted by Gasteiger charge is 2.40. The van der Waals surface area contributed by atoms with E-state index in [1.165, 1.54) is 22.5 Å². The Labute approximate surface area is 146 Å². The van der Waals surface area contributed by atoms with Crippen LogP contribution in [0.1, 0.15) is 13.3 Å². The van der Waals surface area contributed by atoms with Gasteiger partial charge in [-0.3, -0.25) is 0 Å². The van der Waals surface area contributed by atoms with Gasteiger partial charge in [-0.15, -0.1) is 0 Å². The number of sulfonamides is 1. The third-order valence-electron chi connectivity index (χ3n) is 3.91. The van der Waals surface area contributed by atoms with Gasteiger partial charge in [-0.25, -0.2) is 13.2 Å². The van der Waals surface area contributed by atoms with Gasteiger partial charge in [0.25, 0.3) is 0 Å². The van der Waals surface area contributed by atoms with E-state index in [9.17, 15) is 13.2 Å². The summed E-state index contributed by atoms with van der Waals surface area (Å²) in [6.07, 6.45) is 0.716. The number of hydrogen-bond acceptors (Lipinski definition) is 5. The molecule has 2 rings (SSSR count). The molecule has 1 fully saturated rings. The van der Waals surface area contributed by atoms with Crippen molar-refractivity contribution < 1.29 is 27.8 Å². The average Bonchev–Trinajstić information content (AvgIpc) is 2.89. The Kier molecular flexibility index (Phi) is 5.74. The van der Waals surface area contributed by atoms with Crippen LogP contribution >= 0.6 is 11.6 Å². The Bertz CT molecular complexity index is 723. The van der Waals surface area contributed by atoms with Crippen LogP contribution in [-0.4, -0.2) is 57.2 Å². The molecule has 7 nitrogen and oxygen atoms in total. The maximum absolute atomic E-state index is 12.7. The Morgan fingerprint density at radius 2 is 2.17 bits per heavy atom. The minimum atomic E-state index is -3.68. The summed E-state index contributed by atoms with van der Waals surface area (Å²) in [6, 6.07) is 4.01. The van der Waals surface area contributed by atoms with Crippen molar-refractivity contribution in [3.63, 3.8) is 0 Å². The first-order chi connectivity index (χ1) is 11.2. The van der Waals surface area contributed by atoms with Gasteiger partial charge in [0.1, 0.15) is 5.75 Å². The zero-order valence-corrected chi connectivity index (χ0v) is 15.1. The van der Waals surface area contributed by atoms with E-state index >= 15 is 0 Å². The van der Waals surface area contributed by atoms with E-state index in [2.05, 4.69) is 0 Å². The number of nitrogens with zero attached hydrogens (tertiary/aromatic N) is 1. The minimum absolute atomic E-state index is 0.0520. The van der Waals surface area contributed by atoms with Gasteiger partial charge in [0, 0.05) is 25.6 Å². The predicted molar refractivity (Wildman–Crippen MR) is 87.9 cm³/mol. The highest BCUT2D eigenvalue weighted by Crippen LogP contribution is 2.35. The smallest absolute Gasteiger partial charge is 0.341 e. The number of rotatable bonds is 7. The van der Waals surface area contributed by atoms with Gasteiger partial charge < -0.3 is 14.6 Å². The van der Waals surface area contributed by atoms with Gasteiger partial charge in [0.05, 0.1) is 16.5 Å². The molecule has 1 aliphatic rings. The summed E-state index contributed by atoms with van der Waals surface area (Å²) in [5.74, 6) is -1.01. The first-order valence-electron chi connectivity index (χ1n) is 7.31. The maximum atomic E-state index is 12.7. The first-order valence-corrected chi connectivity index (χ1v) is 9.13. The van der Waals surface area contributed by atoms with Crippen LogP contribution in [0, 0.1) is 5.41 Å². The molecule has 1 atom stereocenters. The van der Waals surface area contributed by atoms with Crippen LogP contribution in [0.25, 0.3) is 0 Å². The van der Waals surface area contributed by atoms with Crippen molar-refractivity contribution in [3.05, 3.63) is 23.2 Å². The van der Waals surface area contributed by atoms with Gasteiger partial charge in [-0.05, 0) is 24.6 Å². The van der Waals surface area contributed by atoms with Gasteiger partial charge in [-0.2, -0.15) is 4.31 Å². The molecular formula is C15H20ClNO6S. The second-order valence-electron chi connectivity index (χ2n) is 6.11. The Balaban J connectivity index is 2.18. The zero-order chi connectivity index (χ0) is 18.0. The quantitative estimate of drug-likeness (QED) is 0.779. The molecule has 0 spiro atoms. The first kappa shape index (κ1) is 19.0. The number of benzene rings is 1. The minimum Gasteiger partial charge on any atom is -0.480 e. The summed E-state index contributed by atoms with van der Waals surface area (Å²) in [6.45, 7) is 2.71. The molecular weight excluding hydrogens is 358 g/mol. The van der Waals surface area contributed by atoms with Gasteiger partial charge >= 0.3 is 5.97 Å². The van der Waals surface area contributed by atoms with Crippen LogP contribution in [-0.2, 0) is 19.6 Å². The lowest BCUT2D eigenvalue weighted by Crippen LogP contribution is -2.32. The Morgan fingerprint density at radius 1 is 1.46 bits per heavy atom. The van der Waals surface area contributed by atoms with E-state index in [-0.39, 0.29) is 21.1 Å². The monoisotopic (exact) mass is 377 g/mol. The molecule has 1 unspecified atom stereocenters. The second kappa shape index (κ2) is 7.26. The summed E-state index contributed by atoms with van der Waals surface area (Å²) < 4.78 is 37.1. The van der Waals surface area contributed by atoms with E-state index in [0.29, 0.717) is 26.1 Å². The largest absolute Gasteiger partial charge is 0.480 e. The molecule has 24 heavy (non-hydrogen) atoms. The van der Waals surface area contributed by atoms with Crippen molar-refractivity contribution in [2.24, 2.45) is 5.41 Å². The number of hydrogen-bond donors (Lipinski definition) is 1. The summed E-state index contributed by atoms with van der Waals surface area (Å²) in [5.41, 5.74) is -0.212. The van der Waals surface area contributed by atoms with Crippen molar-refractivity contribution in [2.75, 3.05) is 33.4 Å². The predicted octanol–water partition coefficient (Wildman–Crippen LogP) is 1.85. The number of methoxy groups -OCH3 is 1. The van der Waals surface area contributed by atoms with Crippen LogP contribution in [0.3, 0.4) is 0 Å². The highest BCUT2D eigenvalue weighted by molar-refractivity contribution is 7.89. The molecule has 0 aromatic heterocycles. The van der Waals surface area contributed by atoms with Crippen molar-refractivity contribution in [1.82, 2.24) is 4.31 Å². The molecule has 1 aromatic carbocycles. The fraction of sp³-hybridized carbons (Fsp3) is 0.533. The zero-order valence-electron chi connectivity index (χ0n) is 13.5. The highest BCUT2D eigenvalue weighted by atomic mass is 35.5. The maximum Gasteiger partial charge on any atom is 0.341 e. The van der Waals surface area contributed by atoms with E-state index < -0.39 is 22.6 Å². The van der Waals surface area contributed by atoms with Crippen molar-refractivity contribution in [2.45, 2.75) is 18.2 Å². The molecule has 1 aliphatic heterocycles. The Morgan fingerprint density at radius 3 is 2.75 bits per heavy atom. The summed E-state index contributed by atoms with van der Waals surface area (Å²) in [7, 11) is -2.08. The van der Waals surface area contributed by atoms with E-state index in [4.69, 9.17) is 26.2 Å². The SMILES string of the molecule is COCC1(C)CCN(S(=O)(=O)c2ccc(OCC(=O)O)c(Cl)c2)C1. The Hall–Kier alpha value is -1.35. The molecule has 0 aliphatic carbocycles. The van der Waals surface area contributed by atoms with Crippen LogP contribution in [0.15, 0.2) is 23.1 Å². The number of ether oxygens (including phenoxy) is 2. The summed E-state index contributed by atoms with van der Waals surface area (Å²) >= 11 is 6.01. The van der Waals surface area contributed by atoms with Gasteiger partial charge in [0.15, 0.2) is 6.61 Å². The number of carboxylic acid groups (broad SMARTS) is 1. The average molecular weight is 378 g/mol. The fourth-order valence-electron chi connectivity index (χ4n) is 2.70. The lowest BCUT2D eigenvalue weighted by molar-refractivity contribution is -0.139. The summed E-state index contributed by atoms with van der Waals surface area (Å²) in [5, 5.41) is 8.66. The molecule has 1 N–H and O–H groups in total. The van der Waals surface area contributed by atoms with Crippen molar-refractivity contribution in [3.8, 4) is 5.75 Å². The third kappa shape index (κ3) is 4.18. The number of carbonyl (C=O) groups is 1. The van der Waals surface area contributed by atoms with E-state index in [1.54, 1.807) is 7.11 Å². The molecule has 0 bridgehead atoms. The molecule has 9 heteroatoms. The lowest BCUT2D eigenvalue weighted by atomic mass is 9.91. The van der Waals surface area contributed by atoms with Crippen LogP contribution in [0.5, 0.6) is 5.75 Å². The number of halogens is 1.